The number of nitrogen functional groups attached to an aromatic ring is 1. The summed E-state index contributed by atoms with van der Waals surface area (Å²) in [5.41, 5.74) is 11.9. The van der Waals surface area contributed by atoms with Crippen molar-refractivity contribution in [3.05, 3.63) is 34.7 Å². The first-order valence-electron chi connectivity index (χ1n) is 2.98. The third-order valence-corrected chi connectivity index (χ3v) is 1.19. The van der Waals surface area contributed by atoms with Gasteiger partial charge in [-0.3, -0.25) is 5.84 Å². The second-order valence-electron chi connectivity index (χ2n) is 1.88. The molecule has 0 atom stereocenters. The van der Waals surface area contributed by atoms with Crippen LogP contribution < -0.4 is 11.3 Å². The van der Waals surface area contributed by atoms with Gasteiger partial charge in [-0.1, -0.05) is 17.2 Å². The molecule has 56 valence electrons. The number of benzene rings is 1. The van der Waals surface area contributed by atoms with E-state index in [0.29, 0.717) is 5.69 Å². The molecule has 0 saturated carbocycles. The van der Waals surface area contributed by atoms with Gasteiger partial charge in [0, 0.05) is 16.3 Å². The number of nitrogens with two attached hydrogens (primary N) is 1. The molecule has 3 N–H and O–H groups in total. The van der Waals surface area contributed by atoms with E-state index in [1.807, 2.05) is 0 Å². The number of anilines is 1. The number of azide groups is 1. The van der Waals surface area contributed by atoms with Gasteiger partial charge in [0.15, 0.2) is 0 Å². The number of hydrazine groups is 1. The minimum atomic E-state index is 0.575. The van der Waals surface area contributed by atoms with Gasteiger partial charge < -0.3 is 5.43 Å². The lowest BCUT2D eigenvalue weighted by Crippen LogP contribution is -2.05. The Labute approximate surface area is 63.4 Å². The van der Waals surface area contributed by atoms with Crippen LogP contribution in [0.25, 0.3) is 10.4 Å². The van der Waals surface area contributed by atoms with Gasteiger partial charge in [-0.25, -0.2) is 0 Å². The molecule has 1 aromatic carbocycles. The summed E-state index contributed by atoms with van der Waals surface area (Å²) in [6.07, 6.45) is 0. The highest BCUT2D eigenvalue weighted by atomic mass is 15.2. The van der Waals surface area contributed by atoms with E-state index in [4.69, 9.17) is 11.4 Å². The van der Waals surface area contributed by atoms with Gasteiger partial charge in [-0.05, 0) is 17.7 Å². The van der Waals surface area contributed by atoms with E-state index in [2.05, 4.69) is 15.5 Å². The molecule has 0 aliphatic rings. The third kappa shape index (κ3) is 1.86. The van der Waals surface area contributed by atoms with E-state index in [9.17, 15) is 0 Å². The van der Waals surface area contributed by atoms with E-state index in [0.717, 1.165) is 5.69 Å². The summed E-state index contributed by atoms with van der Waals surface area (Å²) < 4.78 is 0. The Morgan fingerprint density at radius 3 is 2.45 bits per heavy atom. The predicted octanol–water partition coefficient (Wildman–Crippen LogP) is 1.91. The zero-order chi connectivity index (χ0) is 8.10. The Bertz CT molecular complexity index is 272. The van der Waals surface area contributed by atoms with Gasteiger partial charge >= 0.3 is 0 Å². The average Bonchev–Trinajstić information content (AvgIpc) is 2.07. The van der Waals surface area contributed by atoms with Crippen LogP contribution in [0.5, 0.6) is 0 Å². The van der Waals surface area contributed by atoms with Crippen molar-refractivity contribution in [2.75, 3.05) is 5.43 Å². The third-order valence-electron chi connectivity index (χ3n) is 1.19. The predicted molar refractivity (Wildman–Crippen MR) is 43.1 cm³/mol. The van der Waals surface area contributed by atoms with Crippen LogP contribution in [0.1, 0.15) is 0 Å². The SMILES string of the molecule is [N-]=[N+]=Nc1ccc(NN)cc1. The minimum Gasteiger partial charge on any atom is -0.324 e. The fourth-order valence-electron chi connectivity index (χ4n) is 0.676. The van der Waals surface area contributed by atoms with Crippen LogP contribution in [0.15, 0.2) is 29.4 Å². The molecule has 0 heterocycles. The Hall–Kier alpha value is -1.71. The number of rotatable bonds is 2. The van der Waals surface area contributed by atoms with Crippen LogP contribution in [0.3, 0.4) is 0 Å². The van der Waals surface area contributed by atoms with Crippen LogP contribution in [0.2, 0.25) is 0 Å². The van der Waals surface area contributed by atoms with Gasteiger partial charge in [-0.15, -0.1) is 0 Å². The molecule has 0 bridgehead atoms. The molecular weight excluding hydrogens is 142 g/mol. The van der Waals surface area contributed by atoms with Gasteiger partial charge in [0.1, 0.15) is 0 Å². The van der Waals surface area contributed by atoms with Crippen molar-refractivity contribution in [2.45, 2.75) is 0 Å². The number of hydrogen-bond acceptors (Lipinski definition) is 3. The zero-order valence-corrected chi connectivity index (χ0v) is 5.73. The van der Waals surface area contributed by atoms with E-state index >= 15 is 0 Å². The molecule has 0 unspecified atom stereocenters. The quantitative estimate of drug-likeness (QED) is 0.221. The Balaban J connectivity index is 2.91. The van der Waals surface area contributed by atoms with Crippen molar-refractivity contribution in [1.82, 2.24) is 0 Å². The smallest absolute Gasteiger partial charge is 0.0485 e. The number of nitrogens with one attached hydrogen (secondary N) is 1. The highest BCUT2D eigenvalue weighted by Gasteiger charge is 1.87. The zero-order valence-electron chi connectivity index (χ0n) is 5.73. The standard InChI is InChI=1S/C6H7N5/c7-9-5-1-3-6(4-2-5)10-11-8/h1-4,9H,7H2. The molecule has 5 nitrogen and oxygen atoms in total. The van der Waals surface area contributed by atoms with E-state index in [1.165, 1.54) is 0 Å². The fourth-order valence-corrected chi connectivity index (χ4v) is 0.676. The molecule has 0 saturated heterocycles. The molecule has 0 aliphatic carbocycles. The van der Waals surface area contributed by atoms with Crippen molar-refractivity contribution in [3.63, 3.8) is 0 Å². The van der Waals surface area contributed by atoms with Crippen LogP contribution >= 0.6 is 0 Å². The lowest BCUT2D eigenvalue weighted by atomic mass is 10.3. The average molecular weight is 149 g/mol. The van der Waals surface area contributed by atoms with E-state index < -0.39 is 0 Å². The maximum Gasteiger partial charge on any atom is 0.0485 e. The summed E-state index contributed by atoms with van der Waals surface area (Å²) in [6, 6.07) is 6.80. The summed E-state index contributed by atoms with van der Waals surface area (Å²) in [4.78, 5) is 2.63. The fraction of sp³-hybridized carbons (Fsp3) is 0. The van der Waals surface area contributed by atoms with E-state index in [-0.39, 0.29) is 0 Å². The molecule has 0 aromatic heterocycles. The summed E-state index contributed by atoms with van der Waals surface area (Å²) in [5, 5.41) is 3.39. The Morgan fingerprint density at radius 1 is 1.36 bits per heavy atom. The van der Waals surface area contributed by atoms with Crippen molar-refractivity contribution >= 4 is 11.4 Å². The lowest BCUT2D eigenvalue weighted by Gasteiger charge is -1.97. The first-order chi connectivity index (χ1) is 5.36. The molecule has 11 heavy (non-hydrogen) atoms. The van der Waals surface area contributed by atoms with Gasteiger partial charge in [0.25, 0.3) is 0 Å². The van der Waals surface area contributed by atoms with Gasteiger partial charge in [0.05, 0.1) is 0 Å². The number of nitrogens with zero attached hydrogens (tertiary/aromatic N) is 3. The molecule has 0 amide bonds. The van der Waals surface area contributed by atoms with E-state index in [1.54, 1.807) is 24.3 Å². The van der Waals surface area contributed by atoms with Crippen molar-refractivity contribution in [3.8, 4) is 0 Å². The summed E-state index contributed by atoms with van der Waals surface area (Å²) in [6.45, 7) is 0. The van der Waals surface area contributed by atoms with Crippen molar-refractivity contribution in [1.29, 1.82) is 0 Å². The summed E-state index contributed by atoms with van der Waals surface area (Å²) in [5.74, 6) is 5.12. The maximum atomic E-state index is 8.06. The highest BCUT2D eigenvalue weighted by molar-refractivity contribution is 5.49. The van der Waals surface area contributed by atoms with Crippen molar-refractivity contribution in [2.24, 2.45) is 11.0 Å². The van der Waals surface area contributed by atoms with Crippen LogP contribution in [-0.4, -0.2) is 0 Å². The first kappa shape index (κ1) is 7.40. The first-order valence-corrected chi connectivity index (χ1v) is 2.98. The molecule has 1 aromatic rings. The van der Waals surface area contributed by atoms with Crippen molar-refractivity contribution < 1.29 is 0 Å². The minimum absolute atomic E-state index is 0.575. The van der Waals surface area contributed by atoms with Gasteiger partial charge in [0.2, 0.25) is 0 Å². The second-order valence-corrected chi connectivity index (χ2v) is 1.88. The molecule has 5 heteroatoms. The topological polar surface area (TPSA) is 86.8 Å². The Morgan fingerprint density at radius 2 is 2.00 bits per heavy atom. The lowest BCUT2D eigenvalue weighted by molar-refractivity contribution is 1.35. The molecule has 0 aliphatic heterocycles. The van der Waals surface area contributed by atoms with Crippen LogP contribution in [0, 0.1) is 0 Å². The molecule has 0 fully saturated rings. The normalized spacial score (nSPS) is 8.45. The Kier molecular flexibility index (Phi) is 2.32. The van der Waals surface area contributed by atoms with Crippen LogP contribution in [-0.2, 0) is 0 Å². The van der Waals surface area contributed by atoms with Crippen LogP contribution in [0.4, 0.5) is 11.4 Å². The monoisotopic (exact) mass is 149 g/mol. The largest absolute Gasteiger partial charge is 0.324 e. The second kappa shape index (κ2) is 3.46. The van der Waals surface area contributed by atoms with Gasteiger partial charge in [-0.2, -0.15) is 0 Å². The number of hydrogen-bond donors (Lipinski definition) is 2. The molecule has 0 spiro atoms. The summed E-state index contributed by atoms with van der Waals surface area (Å²) >= 11 is 0. The molecule has 0 radical (unpaired) electrons. The molecular formula is C6H7N5. The highest BCUT2D eigenvalue weighted by Crippen LogP contribution is 2.14. The summed E-state index contributed by atoms with van der Waals surface area (Å²) in [7, 11) is 0. The molecule has 1 rings (SSSR count). The maximum absolute atomic E-state index is 8.06.